The molecular formula is C10H13N3. The zero-order valence-corrected chi connectivity index (χ0v) is 7.70. The molecule has 0 spiro atoms. The quantitative estimate of drug-likeness (QED) is 0.693. The maximum Gasteiger partial charge on any atom is 0.0724 e. The lowest BCUT2D eigenvalue weighted by molar-refractivity contribution is 0.584. The number of hydrogen-bond acceptors (Lipinski definition) is 3. The summed E-state index contributed by atoms with van der Waals surface area (Å²) in [5.41, 5.74) is 0.913. The molecule has 1 N–H and O–H groups in total. The third-order valence-electron chi connectivity index (χ3n) is 1.76. The van der Waals surface area contributed by atoms with Crippen molar-refractivity contribution < 1.29 is 0 Å². The van der Waals surface area contributed by atoms with Crippen molar-refractivity contribution in [1.82, 2.24) is 15.3 Å². The molecule has 3 nitrogen and oxygen atoms in total. The molecular weight excluding hydrogens is 162 g/mol. The lowest BCUT2D eigenvalue weighted by Crippen LogP contribution is -2.26. The van der Waals surface area contributed by atoms with E-state index >= 15 is 0 Å². The summed E-state index contributed by atoms with van der Waals surface area (Å²) in [5.74, 6) is 2.66. The standard InChI is InChI=1S/C10H13N3/c1-3-9(4-2)13-8-10-7-11-5-6-12-10/h1,5-7,9,13H,4,8H2,2H3. The molecule has 0 saturated carbocycles. The smallest absolute Gasteiger partial charge is 0.0724 e. The number of nitrogens with zero attached hydrogens (tertiary/aromatic N) is 2. The molecule has 1 unspecified atom stereocenters. The number of nitrogens with one attached hydrogen (secondary N) is 1. The van der Waals surface area contributed by atoms with Crippen LogP contribution in [0.4, 0.5) is 0 Å². The summed E-state index contributed by atoms with van der Waals surface area (Å²) in [6.07, 6.45) is 11.3. The highest BCUT2D eigenvalue weighted by Crippen LogP contribution is 1.93. The monoisotopic (exact) mass is 175 g/mol. The van der Waals surface area contributed by atoms with Crippen LogP contribution in [0, 0.1) is 12.3 Å². The van der Waals surface area contributed by atoms with Crippen molar-refractivity contribution >= 4 is 0 Å². The number of hydrogen-bond donors (Lipinski definition) is 1. The Hall–Kier alpha value is -1.40. The third-order valence-corrected chi connectivity index (χ3v) is 1.76. The van der Waals surface area contributed by atoms with Gasteiger partial charge in [-0.1, -0.05) is 12.8 Å². The van der Waals surface area contributed by atoms with Crippen LogP contribution >= 0.6 is 0 Å². The second-order valence-electron chi connectivity index (χ2n) is 2.71. The molecule has 0 aliphatic rings. The predicted octanol–water partition coefficient (Wildman–Crippen LogP) is 0.978. The Morgan fingerprint density at radius 3 is 3.00 bits per heavy atom. The Balaban J connectivity index is 2.40. The lowest BCUT2D eigenvalue weighted by Gasteiger charge is -2.08. The molecule has 1 atom stereocenters. The van der Waals surface area contributed by atoms with Crippen molar-refractivity contribution in [2.45, 2.75) is 25.9 Å². The van der Waals surface area contributed by atoms with Gasteiger partial charge in [-0.25, -0.2) is 0 Å². The molecule has 0 aromatic carbocycles. The van der Waals surface area contributed by atoms with Gasteiger partial charge in [0.05, 0.1) is 11.7 Å². The zero-order valence-electron chi connectivity index (χ0n) is 7.70. The van der Waals surface area contributed by atoms with Gasteiger partial charge in [0.2, 0.25) is 0 Å². The van der Waals surface area contributed by atoms with Gasteiger partial charge >= 0.3 is 0 Å². The fourth-order valence-electron chi connectivity index (χ4n) is 0.970. The number of rotatable bonds is 4. The fraction of sp³-hybridized carbons (Fsp3) is 0.400. The first-order valence-electron chi connectivity index (χ1n) is 4.31. The summed E-state index contributed by atoms with van der Waals surface area (Å²) in [4.78, 5) is 8.09. The van der Waals surface area contributed by atoms with E-state index in [1.54, 1.807) is 18.6 Å². The maximum absolute atomic E-state index is 5.30. The summed E-state index contributed by atoms with van der Waals surface area (Å²) in [6.45, 7) is 2.73. The molecule has 1 aromatic heterocycles. The van der Waals surface area contributed by atoms with E-state index in [4.69, 9.17) is 6.42 Å². The Bertz CT molecular complexity index is 276. The molecule has 0 aliphatic heterocycles. The summed E-state index contributed by atoms with van der Waals surface area (Å²) in [5, 5.41) is 3.20. The SMILES string of the molecule is C#CC(CC)NCc1cnccn1. The lowest BCUT2D eigenvalue weighted by atomic mass is 10.2. The van der Waals surface area contributed by atoms with Crippen molar-refractivity contribution in [3.05, 3.63) is 24.3 Å². The summed E-state index contributed by atoms with van der Waals surface area (Å²) in [7, 11) is 0. The highest BCUT2D eigenvalue weighted by Gasteiger charge is 2.00. The topological polar surface area (TPSA) is 37.8 Å². The first-order chi connectivity index (χ1) is 6.36. The maximum atomic E-state index is 5.30. The normalized spacial score (nSPS) is 12.0. The van der Waals surface area contributed by atoms with Gasteiger partial charge in [0, 0.05) is 25.1 Å². The Morgan fingerprint density at radius 1 is 1.62 bits per heavy atom. The molecule has 0 fully saturated rings. The van der Waals surface area contributed by atoms with Crippen molar-refractivity contribution in [2.75, 3.05) is 0 Å². The minimum absolute atomic E-state index is 0.127. The first kappa shape index (κ1) is 9.69. The van der Waals surface area contributed by atoms with Gasteiger partial charge in [-0.2, -0.15) is 0 Å². The highest BCUT2D eigenvalue weighted by molar-refractivity contribution is 5.01. The van der Waals surface area contributed by atoms with E-state index in [0.29, 0.717) is 6.54 Å². The van der Waals surface area contributed by atoms with Crippen LogP contribution in [0.25, 0.3) is 0 Å². The molecule has 1 heterocycles. The highest BCUT2D eigenvalue weighted by atomic mass is 14.9. The fourth-order valence-corrected chi connectivity index (χ4v) is 0.970. The van der Waals surface area contributed by atoms with E-state index < -0.39 is 0 Å². The van der Waals surface area contributed by atoms with Gasteiger partial charge < -0.3 is 0 Å². The van der Waals surface area contributed by atoms with Crippen molar-refractivity contribution in [3.8, 4) is 12.3 Å². The molecule has 0 aliphatic carbocycles. The van der Waals surface area contributed by atoms with E-state index in [-0.39, 0.29) is 6.04 Å². The van der Waals surface area contributed by atoms with Crippen LogP contribution in [0.5, 0.6) is 0 Å². The molecule has 0 radical (unpaired) electrons. The Morgan fingerprint density at radius 2 is 2.46 bits per heavy atom. The van der Waals surface area contributed by atoms with Crippen LogP contribution in [-0.4, -0.2) is 16.0 Å². The molecule has 3 heteroatoms. The van der Waals surface area contributed by atoms with Gasteiger partial charge in [-0.15, -0.1) is 6.42 Å². The number of aromatic nitrogens is 2. The first-order valence-corrected chi connectivity index (χ1v) is 4.31. The van der Waals surface area contributed by atoms with Crippen LogP contribution in [0.2, 0.25) is 0 Å². The van der Waals surface area contributed by atoms with Crippen LogP contribution in [0.15, 0.2) is 18.6 Å². The van der Waals surface area contributed by atoms with E-state index in [9.17, 15) is 0 Å². The largest absolute Gasteiger partial charge is 0.298 e. The average molecular weight is 175 g/mol. The summed E-state index contributed by atoms with van der Waals surface area (Å²) in [6, 6.07) is 0.127. The molecule has 1 aromatic rings. The van der Waals surface area contributed by atoms with E-state index in [2.05, 4.69) is 21.2 Å². The van der Waals surface area contributed by atoms with Crippen LogP contribution in [-0.2, 0) is 6.54 Å². The van der Waals surface area contributed by atoms with E-state index in [1.165, 1.54) is 0 Å². The van der Waals surface area contributed by atoms with Crippen molar-refractivity contribution in [2.24, 2.45) is 0 Å². The van der Waals surface area contributed by atoms with Crippen LogP contribution < -0.4 is 5.32 Å². The number of terminal acetylenes is 1. The van der Waals surface area contributed by atoms with E-state index in [0.717, 1.165) is 12.1 Å². The average Bonchev–Trinajstić information content (AvgIpc) is 2.21. The zero-order chi connectivity index (χ0) is 9.52. The minimum atomic E-state index is 0.127. The molecule has 68 valence electrons. The minimum Gasteiger partial charge on any atom is -0.298 e. The van der Waals surface area contributed by atoms with Gasteiger partial charge in [0.1, 0.15) is 0 Å². The van der Waals surface area contributed by atoms with Gasteiger partial charge in [-0.05, 0) is 6.42 Å². The molecule has 13 heavy (non-hydrogen) atoms. The van der Waals surface area contributed by atoms with Crippen molar-refractivity contribution in [3.63, 3.8) is 0 Å². The van der Waals surface area contributed by atoms with Gasteiger partial charge in [0.15, 0.2) is 0 Å². The Kier molecular flexibility index (Phi) is 3.94. The van der Waals surface area contributed by atoms with E-state index in [1.807, 2.05) is 6.92 Å². The van der Waals surface area contributed by atoms with Gasteiger partial charge in [0.25, 0.3) is 0 Å². The van der Waals surface area contributed by atoms with Crippen LogP contribution in [0.1, 0.15) is 19.0 Å². The second kappa shape index (κ2) is 5.28. The molecule has 1 rings (SSSR count). The third kappa shape index (κ3) is 3.22. The summed E-state index contributed by atoms with van der Waals surface area (Å²) >= 11 is 0. The van der Waals surface area contributed by atoms with Crippen molar-refractivity contribution in [1.29, 1.82) is 0 Å². The second-order valence-corrected chi connectivity index (χ2v) is 2.71. The molecule has 0 bridgehead atoms. The predicted molar refractivity (Wildman–Crippen MR) is 51.8 cm³/mol. The summed E-state index contributed by atoms with van der Waals surface area (Å²) < 4.78 is 0. The van der Waals surface area contributed by atoms with Gasteiger partial charge in [-0.3, -0.25) is 15.3 Å². The molecule has 0 amide bonds. The van der Waals surface area contributed by atoms with Crippen LogP contribution in [0.3, 0.4) is 0 Å². The Labute approximate surface area is 78.6 Å². The molecule has 0 saturated heterocycles.